The molecule has 114 valence electrons. The molecular weight excluding hydrogens is 296 g/mol. The highest BCUT2D eigenvalue weighted by Gasteiger charge is 2.10. The SMILES string of the molecule is N#Cc1ccc(NC(=O)COC(=O)c2ccc(C=O)cc2)cc1. The molecular formula is C17H12N2O4. The van der Waals surface area contributed by atoms with Crippen molar-refractivity contribution in [3.05, 3.63) is 65.2 Å². The van der Waals surface area contributed by atoms with E-state index in [1.165, 1.54) is 24.3 Å². The molecule has 1 N–H and O–H groups in total. The third-order valence-corrected chi connectivity index (χ3v) is 2.91. The van der Waals surface area contributed by atoms with Crippen molar-refractivity contribution < 1.29 is 19.1 Å². The summed E-state index contributed by atoms with van der Waals surface area (Å²) < 4.78 is 4.89. The van der Waals surface area contributed by atoms with E-state index >= 15 is 0 Å². The van der Waals surface area contributed by atoms with Crippen LogP contribution in [0.1, 0.15) is 26.3 Å². The Balaban J connectivity index is 1.86. The van der Waals surface area contributed by atoms with Gasteiger partial charge >= 0.3 is 5.97 Å². The van der Waals surface area contributed by atoms with Gasteiger partial charge in [-0.15, -0.1) is 0 Å². The van der Waals surface area contributed by atoms with Crippen LogP contribution in [0.3, 0.4) is 0 Å². The molecule has 6 heteroatoms. The van der Waals surface area contributed by atoms with E-state index < -0.39 is 18.5 Å². The van der Waals surface area contributed by atoms with Crippen molar-refractivity contribution in [2.24, 2.45) is 0 Å². The molecule has 0 saturated heterocycles. The monoisotopic (exact) mass is 308 g/mol. The van der Waals surface area contributed by atoms with E-state index in [4.69, 9.17) is 10.00 Å². The maximum Gasteiger partial charge on any atom is 0.338 e. The van der Waals surface area contributed by atoms with Crippen molar-refractivity contribution in [2.75, 3.05) is 11.9 Å². The van der Waals surface area contributed by atoms with Gasteiger partial charge in [0.25, 0.3) is 5.91 Å². The number of benzene rings is 2. The number of ether oxygens (including phenoxy) is 1. The molecule has 0 atom stereocenters. The van der Waals surface area contributed by atoms with Crippen LogP contribution in [-0.2, 0) is 9.53 Å². The average molecular weight is 308 g/mol. The predicted molar refractivity (Wildman–Crippen MR) is 81.9 cm³/mol. The number of esters is 1. The van der Waals surface area contributed by atoms with Crippen molar-refractivity contribution in [1.29, 1.82) is 5.26 Å². The topological polar surface area (TPSA) is 96.3 Å². The Hall–Kier alpha value is -3.46. The lowest BCUT2D eigenvalue weighted by Crippen LogP contribution is -2.20. The number of carbonyl (C=O) groups is 3. The maximum absolute atomic E-state index is 11.8. The highest BCUT2D eigenvalue weighted by Crippen LogP contribution is 2.09. The Morgan fingerprint density at radius 2 is 1.74 bits per heavy atom. The van der Waals surface area contributed by atoms with Gasteiger partial charge in [-0.1, -0.05) is 12.1 Å². The van der Waals surface area contributed by atoms with Crippen molar-refractivity contribution in [3.8, 4) is 6.07 Å². The molecule has 2 rings (SSSR count). The van der Waals surface area contributed by atoms with Gasteiger partial charge in [0.1, 0.15) is 6.29 Å². The van der Waals surface area contributed by atoms with Crippen LogP contribution in [0, 0.1) is 11.3 Å². The number of amides is 1. The predicted octanol–water partition coefficient (Wildman–Crippen LogP) is 2.17. The number of rotatable bonds is 5. The van der Waals surface area contributed by atoms with E-state index in [-0.39, 0.29) is 5.56 Å². The van der Waals surface area contributed by atoms with E-state index in [1.807, 2.05) is 6.07 Å². The molecule has 0 unspecified atom stereocenters. The average Bonchev–Trinajstić information content (AvgIpc) is 2.60. The first-order valence-corrected chi connectivity index (χ1v) is 6.65. The smallest absolute Gasteiger partial charge is 0.338 e. The van der Waals surface area contributed by atoms with E-state index in [0.29, 0.717) is 23.1 Å². The zero-order valence-electron chi connectivity index (χ0n) is 12.0. The Morgan fingerprint density at radius 1 is 1.09 bits per heavy atom. The number of hydrogen-bond acceptors (Lipinski definition) is 5. The summed E-state index contributed by atoms with van der Waals surface area (Å²) in [6.07, 6.45) is 0.667. The van der Waals surface area contributed by atoms with Crippen LogP contribution in [0.2, 0.25) is 0 Å². The number of nitrogens with one attached hydrogen (secondary N) is 1. The Morgan fingerprint density at radius 3 is 2.30 bits per heavy atom. The van der Waals surface area contributed by atoms with Crippen molar-refractivity contribution >= 4 is 23.9 Å². The number of anilines is 1. The molecule has 0 spiro atoms. The summed E-state index contributed by atoms with van der Waals surface area (Å²) in [4.78, 5) is 34.0. The largest absolute Gasteiger partial charge is 0.452 e. The lowest BCUT2D eigenvalue weighted by atomic mass is 10.1. The summed E-state index contributed by atoms with van der Waals surface area (Å²) >= 11 is 0. The molecule has 0 aliphatic heterocycles. The molecule has 0 aromatic heterocycles. The van der Waals surface area contributed by atoms with Crippen LogP contribution >= 0.6 is 0 Å². The van der Waals surface area contributed by atoms with E-state index in [1.54, 1.807) is 24.3 Å². The minimum absolute atomic E-state index is 0.252. The van der Waals surface area contributed by atoms with Gasteiger partial charge in [-0.05, 0) is 36.4 Å². The number of aldehydes is 1. The quantitative estimate of drug-likeness (QED) is 0.674. The zero-order valence-corrected chi connectivity index (χ0v) is 12.0. The molecule has 0 heterocycles. The second-order valence-corrected chi connectivity index (χ2v) is 4.55. The first-order valence-electron chi connectivity index (χ1n) is 6.65. The molecule has 0 bridgehead atoms. The number of nitrogens with zero attached hydrogens (tertiary/aromatic N) is 1. The van der Waals surface area contributed by atoms with Gasteiger partial charge in [0.15, 0.2) is 6.61 Å². The molecule has 2 aromatic rings. The molecule has 0 aliphatic carbocycles. The highest BCUT2D eigenvalue weighted by molar-refractivity contribution is 5.95. The molecule has 0 fully saturated rings. The Kier molecular flexibility index (Phi) is 5.21. The van der Waals surface area contributed by atoms with Crippen LogP contribution < -0.4 is 5.32 Å². The summed E-state index contributed by atoms with van der Waals surface area (Å²) in [6, 6.07) is 14.1. The minimum Gasteiger partial charge on any atom is -0.452 e. The van der Waals surface area contributed by atoms with Crippen LogP contribution in [0.5, 0.6) is 0 Å². The molecule has 1 amide bonds. The molecule has 0 saturated carbocycles. The summed E-state index contributed by atoms with van der Waals surface area (Å²) in [5, 5.41) is 11.2. The van der Waals surface area contributed by atoms with Crippen molar-refractivity contribution in [3.63, 3.8) is 0 Å². The van der Waals surface area contributed by atoms with Gasteiger partial charge in [-0.25, -0.2) is 4.79 Å². The number of carbonyl (C=O) groups excluding carboxylic acids is 3. The zero-order chi connectivity index (χ0) is 16.7. The Labute approximate surface area is 132 Å². The van der Waals surface area contributed by atoms with Crippen LogP contribution in [0.4, 0.5) is 5.69 Å². The lowest BCUT2D eigenvalue weighted by molar-refractivity contribution is -0.119. The van der Waals surface area contributed by atoms with E-state index in [0.717, 1.165) is 0 Å². The molecule has 0 radical (unpaired) electrons. The van der Waals surface area contributed by atoms with E-state index in [9.17, 15) is 14.4 Å². The fourth-order valence-electron chi connectivity index (χ4n) is 1.74. The number of hydrogen-bond donors (Lipinski definition) is 1. The van der Waals surface area contributed by atoms with Gasteiger partial charge in [-0.3, -0.25) is 9.59 Å². The molecule has 0 aliphatic rings. The number of nitriles is 1. The lowest BCUT2D eigenvalue weighted by Gasteiger charge is -2.06. The summed E-state index contributed by atoms with van der Waals surface area (Å²) in [7, 11) is 0. The van der Waals surface area contributed by atoms with Gasteiger partial charge in [0, 0.05) is 11.3 Å². The van der Waals surface area contributed by atoms with Crippen molar-refractivity contribution in [2.45, 2.75) is 0 Å². The van der Waals surface area contributed by atoms with Gasteiger partial charge < -0.3 is 10.1 Å². The van der Waals surface area contributed by atoms with Gasteiger partial charge in [0.2, 0.25) is 0 Å². The van der Waals surface area contributed by atoms with Gasteiger partial charge in [-0.2, -0.15) is 5.26 Å². The molecule has 23 heavy (non-hydrogen) atoms. The van der Waals surface area contributed by atoms with Crippen molar-refractivity contribution in [1.82, 2.24) is 0 Å². The third-order valence-electron chi connectivity index (χ3n) is 2.91. The van der Waals surface area contributed by atoms with Gasteiger partial charge in [0.05, 0.1) is 17.2 Å². The van der Waals surface area contributed by atoms with Crippen LogP contribution in [0.25, 0.3) is 0 Å². The molecule has 2 aromatic carbocycles. The minimum atomic E-state index is -0.655. The van der Waals surface area contributed by atoms with Crippen LogP contribution in [-0.4, -0.2) is 24.8 Å². The highest BCUT2D eigenvalue weighted by atomic mass is 16.5. The normalized spacial score (nSPS) is 9.52. The summed E-state index contributed by atoms with van der Waals surface area (Å²) in [5.41, 5.74) is 1.68. The first-order chi connectivity index (χ1) is 11.1. The fourth-order valence-corrected chi connectivity index (χ4v) is 1.74. The second kappa shape index (κ2) is 7.52. The maximum atomic E-state index is 11.8. The first kappa shape index (κ1) is 15.9. The standard InChI is InChI=1S/C17H12N2O4/c18-9-12-3-7-15(8-4-12)19-16(21)11-23-17(22)14-5-1-13(10-20)2-6-14/h1-8,10H,11H2,(H,19,21). The van der Waals surface area contributed by atoms with Crippen LogP contribution in [0.15, 0.2) is 48.5 Å². The second-order valence-electron chi connectivity index (χ2n) is 4.55. The Bertz CT molecular complexity index is 759. The summed E-state index contributed by atoms with van der Waals surface area (Å²) in [6.45, 7) is -0.436. The fraction of sp³-hybridized carbons (Fsp3) is 0.0588. The molecule has 6 nitrogen and oxygen atoms in total. The summed E-state index contributed by atoms with van der Waals surface area (Å²) in [5.74, 6) is -1.15. The third kappa shape index (κ3) is 4.51. The van der Waals surface area contributed by atoms with E-state index in [2.05, 4.69) is 5.32 Å².